The Morgan fingerprint density at radius 1 is 1.33 bits per heavy atom. The van der Waals surface area contributed by atoms with Gasteiger partial charge in [-0.2, -0.15) is 0 Å². The molecule has 1 aromatic rings. The molecule has 1 rings (SSSR count). The zero-order chi connectivity index (χ0) is 11.3. The molecule has 84 valence electrons. The van der Waals surface area contributed by atoms with E-state index in [1.54, 1.807) is 0 Å². The van der Waals surface area contributed by atoms with Crippen molar-refractivity contribution in [1.82, 2.24) is 9.97 Å². The van der Waals surface area contributed by atoms with Crippen molar-refractivity contribution in [2.24, 2.45) is 11.7 Å². The van der Waals surface area contributed by atoms with E-state index in [0.717, 1.165) is 30.8 Å². The SMILES string of the molecule is CC(C)CCc1nccc(CC(C)N)n1. The molecule has 3 heteroatoms. The van der Waals surface area contributed by atoms with Gasteiger partial charge in [0.05, 0.1) is 0 Å². The number of aromatic nitrogens is 2. The monoisotopic (exact) mass is 207 g/mol. The molecule has 2 N–H and O–H groups in total. The van der Waals surface area contributed by atoms with Crippen LogP contribution in [0.3, 0.4) is 0 Å². The van der Waals surface area contributed by atoms with Crippen molar-refractivity contribution in [3.05, 3.63) is 23.8 Å². The number of nitrogens with zero attached hydrogens (tertiary/aromatic N) is 2. The average Bonchev–Trinajstić information content (AvgIpc) is 2.14. The van der Waals surface area contributed by atoms with E-state index < -0.39 is 0 Å². The summed E-state index contributed by atoms with van der Waals surface area (Å²) in [6.07, 6.45) is 4.77. The topological polar surface area (TPSA) is 51.8 Å². The van der Waals surface area contributed by atoms with E-state index in [1.165, 1.54) is 0 Å². The second-order valence-electron chi connectivity index (χ2n) is 4.58. The Morgan fingerprint density at radius 3 is 2.67 bits per heavy atom. The Labute approximate surface area is 92.1 Å². The van der Waals surface area contributed by atoms with E-state index in [4.69, 9.17) is 5.73 Å². The molecule has 0 radical (unpaired) electrons. The van der Waals surface area contributed by atoms with E-state index in [2.05, 4.69) is 23.8 Å². The summed E-state index contributed by atoms with van der Waals surface area (Å²) in [5.41, 5.74) is 6.79. The Morgan fingerprint density at radius 2 is 2.07 bits per heavy atom. The standard InChI is InChI=1S/C12H21N3/c1-9(2)4-5-12-14-7-6-11(15-12)8-10(3)13/h6-7,9-10H,4-5,8,13H2,1-3H3. The van der Waals surface area contributed by atoms with Gasteiger partial charge in [0.15, 0.2) is 0 Å². The first-order valence-electron chi connectivity index (χ1n) is 5.64. The number of nitrogens with two attached hydrogens (primary N) is 1. The van der Waals surface area contributed by atoms with E-state index >= 15 is 0 Å². The van der Waals surface area contributed by atoms with Crippen LogP contribution >= 0.6 is 0 Å². The largest absolute Gasteiger partial charge is 0.328 e. The molecule has 0 amide bonds. The fourth-order valence-corrected chi connectivity index (χ4v) is 1.42. The predicted molar refractivity (Wildman–Crippen MR) is 62.5 cm³/mol. The maximum atomic E-state index is 5.74. The summed E-state index contributed by atoms with van der Waals surface area (Å²) in [4.78, 5) is 8.76. The zero-order valence-corrected chi connectivity index (χ0v) is 9.90. The predicted octanol–water partition coefficient (Wildman–Crippen LogP) is 1.95. The molecule has 0 bridgehead atoms. The maximum absolute atomic E-state index is 5.74. The molecule has 1 unspecified atom stereocenters. The van der Waals surface area contributed by atoms with E-state index in [-0.39, 0.29) is 6.04 Å². The summed E-state index contributed by atoms with van der Waals surface area (Å²) in [6, 6.07) is 2.11. The number of hydrogen-bond acceptors (Lipinski definition) is 3. The minimum atomic E-state index is 0.165. The van der Waals surface area contributed by atoms with E-state index in [0.29, 0.717) is 5.92 Å². The lowest BCUT2D eigenvalue weighted by molar-refractivity contribution is 0.572. The summed E-state index contributed by atoms with van der Waals surface area (Å²) in [5.74, 6) is 1.65. The Hall–Kier alpha value is -0.960. The summed E-state index contributed by atoms with van der Waals surface area (Å²) in [6.45, 7) is 6.42. The van der Waals surface area contributed by atoms with Gasteiger partial charge in [0.2, 0.25) is 0 Å². The highest BCUT2D eigenvalue weighted by Crippen LogP contribution is 2.06. The van der Waals surface area contributed by atoms with Crippen LogP contribution in [0.4, 0.5) is 0 Å². The summed E-state index contributed by atoms with van der Waals surface area (Å²) < 4.78 is 0. The molecule has 15 heavy (non-hydrogen) atoms. The fourth-order valence-electron chi connectivity index (χ4n) is 1.42. The highest BCUT2D eigenvalue weighted by molar-refractivity contribution is 5.04. The lowest BCUT2D eigenvalue weighted by atomic mass is 10.1. The maximum Gasteiger partial charge on any atom is 0.128 e. The molecule has 0 aromatic carbocycles. The normalized spacial score (nSPS) is 13.1. The lowest BCUT2D eigenvalue weighted by Gasteiger charge is -2.07. The molecule has 0 saturated carbocycles. The van der Waals surface area contributed by atoms with Gasteiger partial charge in [-0.15, -0.1) is 0 Å². The molecular formula is C12H21N3. The quantitative estimate of drug-likeness (QED) is 0.803. The third-order valence-electron chi connectivity index (χ3n) is 2.24. The third kappa shape index (κ3) is 4.88. The summed E-state index contributed by atoms with van der Waals surface area (Å²) in [5, 5.41) is 0. The molecule has 1 heterocycles. The molecule has 0 spiro atoms. The molecule has 0 aliphatic carbocycles. The molecule has 0 aliphatic rings. The molecule has 0 saturated heterocycles. The number of aryl methyl sites for hydroxylation is 1. The van der Waals surface area contributed by atoms with Gasteiger partial charge in [-0.1, -0.05) is 13.8 Å². The number of hydrogen-bond donors (Lipinski definition) is 1. The Balaban J connectivity index is 2.57. The van der Waals surface area contributed by atoms with E-state index in [1.807, 2.05) is 19.2 Å². The smallest absolute Gasteiger partial charge is 0.128 e. The first-order valence-corrected chi connectivity index (χ1v) is 5.64. The summed E-state index contributed by atoms with van der Waals surface area (Å²) in [7, 11) is 0. The van der Waals surface area contributed by atoms with Crippen LogP contribution in [-0.4, -0.2) is 16.0 Å². The van der Waals surface area contributed by atoms with Gasteiger partial charge in [0.25, 0.3) is 0 Å². The van der Waals surface area contributed by atoms with Crippen molar-refractivity contribution in [3.8, 4) is 0 Å². The van der Waals surface area contributed by atoms with Crippen molar-refractivity contribution in [3.63, 3.8) is 0 Å². The molecule has 3 nitrogen and oxygen atoms in total. The van der Waals surface area contributed by atoms with Crippen molar-refractivity contribution in [2.45, 2.75) is 46.1 Å². The van der Waals surface area contributed by atoms with Crippen LogP contribution in [0.25, 0.3) is 0 Å². The van der Waals surface area contributed by atoms with Gasteiger partial charge in [0.1, 0.15) is 5.82 Å². The lowest BCUT2D eigenvalue weighted by Crippen LogP contribution is -2.19. The minimum absolute atomic E-state index is 0.165. The first kappa shape index (κ1) is 12.1. The second-order valence-corrected chi connectivity index (χ2v) is 4.58. The third-order valence-corrected chi connectivity index (χ3v) is 2.24. The highest BCUT2D eigenvalue weighted by atomic mass is 14.9. The molecule has 1 atom stereocenters. The average molecular weight is 207 g/mol. The van der Waals surface area contributed by atoms with Crippen LogP contribution < -0.4 is 5.73 Å². The van der Waals surface area contributed by atoms with E-state index in [9.17, 15) is 0 Å². The minimum Gasteiger partial charge on any atom is -0.328 e. The molecular weight excluding hydrogens is 186 g/mol. The van der Waals surface area contributed by atoms with Crippen molar-refractivity contribution in [1.29, 1.82) is 0 Å². The van der Waals surface area contributed by atoms with Crippen LogP contribution in [0.5, 0.6) is 0 Å². The Kier molecular flexibility index (Phi) is 4.69. The second kappa shape index (κ2) is 5.81. The highest BCUT2D eigenvalue weighted by Gasteiger charge is 2.03. The van der Waals surface area contributed by atoms with Crippen LogP contribution in [0.2, 0.25) is 0 Å². The first-order chi connectivity index (χ1) is 7.08. The fraction of sp³-hybridized carbons (Fsp3) is 0.667. The van der Waals surface area contributed by atoms with Crippen LogP contribution in [-0.2, 0) is 12.8 Å². The van der Waals surface area contributed by atoms with Crippen LogP contribution in [0.1, 0.15) is 38.7 Å². The van der Waals surface area contributed by atoms with Gasteiger partial charge in [-0.25, -0.2) is 9.97 Å². The van der Waals surface area contributed by atoms with Crippen molar-refractivity contribution >= 4 is 0 Å². The van der Waals surface area contributed by atoms with Crippen molar-refractivity contribution in [2.75, 3.05) is 0 Å². The van der Waals surface area contributed by atoms with Gasteiger partial charge >= 0.3 is 0 Å². The van der Waals surface area contributed by atoms with Crippen LogP contribution in [0.15, 0.2) is 12.3 Å². The number of rotatable bonds is 5. The van der Waals surface area contributed by atoms with Crippen LogP contribution in [0, 0.1) is 5.92 Å². The summed E-state index contributed by atoms with van der Waals surface area (Å²) >= 11 is 0. The van der Waals surface area contributed by atoms with Gasteiger partial charge in [0, 0.05) is 30.8 Å². The molecule has 1 aromatic heterocycles. The zero-order valence-electron chi connectivity index (χ0n) is 9.90. The Bertz CT molecular complexity index is 295. The van der Waals surface area contributed by atoms with Gasteiger partial charge in [-0.05, 0) is 25.3 Å². The van der Waals surface area contributed by atoms with Gasteiger partial charge in [-0.3, -0.25) is 0 Å². The molecule has 0 aliphatic heterocycles. The molecule has 0 fully saturated rings. The van der Waals surface area contributed by atoms with Gasteiger partial charge < -0.3 is 5.73 Å². The van der Waals surface area contributed by atoms with Crippen molar-refractivity contribution < 1.29 is 0 Å².